The third-order valence-electron chi connectivity index (χ3n) is 14.0. The molecule has 0 saturated heterocycles. The first-order valence-electron chi connectivity index (χ1n) is 22.1. The summed E-state index contributed by atoms with van der Waals surface area (Å²) in [6.07, 6.45) is 0. The van der Waals surface area contributed by atoms with Crippen LogP contribution in [-0.4, -0.2) is 11.8 Å². The van der Waals surface area contributed by atoms with Gasteiger partial charge in [-0.05, 0) is 121 Å². The molecular weight excluding hydrogens is 739 g/mol. The minimum atomic E-state index is -0.270. The molecule has 0 saturated carbocycles. The molecule has 0 radical (unpaired) electrons. The number of hydrogen-bond donors (Lipinski definition) is 1. The van der Waals surface area contributed by atoms with E-state index in [0.717, 1.165) is 40.6 Å². The summed E-state index contributed by atoms with van der Waals surface area (Å²) < 4.78 is 9.24. The number of para-hydroxylation sites is 1. The predicted molar refractivity (Wildman–Crippen MR) is 263 cm³/mol. The van der Waals surface area contributed by atoms with Gasteiger partial charge in [0.1, 0.15) is 11.2 Å². The zero-order chi connectivity index (χ0) is 42.5. The summed E-state index contributed by atoms with van der Waals surface area (Å²) in [6.45, 7) is 25.8. The molecule has 4 heteroatoms. The van der Waals surface area contributed by atoms with Crippen molar-refractivity contribution in [2.75, 3.05) is 5.32 Å². The highest BCUT2D eigenvalue weighted by atomic mass is 16.3. The van der Waals surface area contributed by atoms with Gasteiger partial charge >= 0.3 is 0 Å². The van der Waals surface area contributed by atoms with Gasteiger partial charge in [-0.3, -0.25) is 0 Å². The molecule has 0 unspecified atom stereocenters. The highest BCUT2D eigenvalue weighted by Gasteiger charge is 2.43. The second-order valence-electron chi connectivity index (χ2n) is 21.5. The predicted octanol–water partition coefficient (Wildman–Crippen LogP) is 14.0. The fraction of sp³-hybridized carbons (Fsp3) is 0.263. The minimum Gasteiger partial charge on any atom is -0.456 e. The van der Waals surface area contributed by atoms with E-state index in [1.807, 2.05) is 0 Å². The molecule has 3 nitrogen and oxygen atoms in total. The highest BCUT2D eigenvalue weighted by Crippen LogP contribution is 2.57. The molecule has 11 rings (SSSR count). The van der Waals surface area contributed by atoms with E-state index >= 15 is 0 Å². The number of nitrogens with one attached hydrogen (secondary N) is 1. The number of furan rings is 1. The van der Waals surface area contributed by atoms with Crippen LogP contribution < -0.4 is 16.2 Å². The van der Waals surface area contributed by atoms with Crippen LogP contribution in [0, 0.1) is 0 Å². The van der Waals surface area contributed by atoms with Gasteiger partial charge in [0.15, 0.2) is 7.28 Å². The highest BCUT2D eigenvalue weighted by molar-refractivity contribution is 6.74. The standard InChI is InChI=1S/C57H55BN2O/c1-54(2,3)32-20-24-35(25-21-32)59-43-26-22-33(55(4,5)6)28-39(43)50-51-48(37-17-12-14-18-41(37)57(51,10)11)49-40-29-34(56(7,8)9)23-27-44(40)60-45-30-38-36-16-13-15-19-46(36)61-47(38)31-42(45)58-52(50)53(49)60/h12-31,58-59H,1-11H3. The van der Waals surface area contributed by atoms with Crippen molar-refractivity contribution in [3.8, 4) is 27.9 Å². The topological polar surface area (TPSA) is 30.1 Å². The number of nitrogens with zero attached hydrogens (tertiary/aromatic N) is 1. The van der Waals surface area contributed by atoms with Gasteiger partial charge in [-0.2, -0.15) is 0 Å². The van der Waals surface area contributed by atoms with E-state index in [1.165, 1.54) is 88.5 Å². The first kappa shape index (κ1) is 38.0. The van der Waals surface area contributed by atoms with Crippen molar-refractivity contribution in [3.63, 3.8) is 0 Å². The van der Waals surface area contributed by atoms with E-state index < -0.39 is 0 Å². The Morgan fingerprint density at radius 1 is 0.574 bits per heavy atom. The molecule has 3 heterocycles. The Labute approximate surface area is 361 Å². The first-order valence-corrected chi connectivity index (χ1v) is 22.1. The van der Waals surface area contributed by atoms with Crippen LogP contribution in [0.25, 0.3) is 71.7 Å². The lowest BCUT2D eigenvalue weighted by atomic mass is 9.57. The minimum absolute atomic E-state index is 0.00918. The fourth-order valence-electron chi connectivity index (χ4n) is 10.7. The largest absolute Gasteiger partial charge is 0.456 e. The quantitative estimate of drug-likeness (QED) is 0.181. The monoisotopic (exact) mass is 794 g/mol. The van der Waals surface area contributed by atoms with Crippen molar-refractivity contribution in [2.45, 2.75) is 97.8 Å². The van der Waals surface area contributed by atoms with Gasteiger partial charge in [0.2, 0.25) is 0 Å². The van der Waals surface area contributed by atoms with Crippen LogP contribution in [0.15, 0.2) is 126 Å². The normalized spacial score (nSPS) is 14.4. The molecular formula is C57H55BN2O. The molecule has 0 amide bonds. The van der Waals surface area contributed by atoms with Gasteiger partial charge in [-0.25, -0.2) is 0 Å². The summed E-state index contributed by atoms with van der Waals surface area (Å²) in [5, 5.41) is 9.00. The number of aromatic nitrogens is 1. The van der Waals surface area contributed by atoms with E-state index in [4.69, 9.17) is 4.42 Å². The number of rotatable bonds is 3. The van der Waals surface area contributed by atoms with Crippen molar-refractivity contribution in [3.05, 3.63) is 149 Å². The van der Waals surface area contributed by atoms with Crippen LogP contribution >= 0.6 is 0 Å². The van der Waals surface area contributed by atoms with Crippen molar-refractivity contribution < 1.29 is 4.42 Å². The number of fused-ring (bicyclic) bond motifs is 12. The lowest BCUT2D eigenvalue weighted by molar-refractivity contribution is 0.590. The lowest BCUT2D eigenvalue weighted by Crippen LogP contribution is -2.38. The molecule has 61 heavy (non-hydrogen) atoms. The fourth-order valence-corrected chi connectivity index (χ4v) is 10.7. The number of anilines is 2. The molecule has 2 aliphatic rings. The molecule has 0 spiro atoms. The zero-order valence-electron chi connectivity index (χ0n) is 37.6. The molecule has 1 aliphatic carbocycles. The summed E-state index contributed by atoms with van der Waals surface area (Å²) in [6, 6.07) is 46.0. The maximum Gasteiger partial charge on any atom is 0.198 e. The van der Waals surface area contributed by atoms with Gasteiger partial charge in [-0.15, -0.1) is 0 Å². The third-order valence-corrected chi connectivity index (χ3v) is 14.0. The van der Waals surface area contributed by atoms with Crippen molar-refractivity contribution in [1.29, 1.82) is 0 Å². The van der Waals surface area contributed by atoms with E-state index in [1.54, 1.807) is 0 Å². The van der Waals surface area contributed by atoms with Gasteiger partial charge in [0, 0.05) is 55.1 Å². The average Bonchev–Trinajstić information content (AvgIpc) is 3.82. The molecule has 9 aromatic rings. The molecule has 0 atom stereocenters. The van der Waals surface area contributed by atoms with Crippen molar-refractivity contribution in [2.24, 2.45) is 0 Å². The summed E-state index contributed by atoms with van der Waals surface area (Å²) in [5.41, 5.74) is 22.4. The van der Waals surface area contributed by atoms with Gasteiger partial charge in [0.05, 0.1) is 5.52 Å². The van der Waals surface area contributed by atoms with Gasteiger partial charge < -0.3 is 14.3 Å². The summed E-state index contributed by atoms with van der Waals surface area (Å²) in [5.74, 6) is 0. The molecule has 0 bridgehead atoms. The zero-order valence-corrected chi connectivity index (χ0v) is 37.6. The van der Waals surface area contributed by atoms with E-state index in [0.29, 0.717) is 0 Å². The van der Waals surface area contributed by atoms with Crippen LogP contribution in [-0.2, 0) is 21.7 Å². The van der Waals surface area contributed by atoms with Crippen LogP contribution in [0.2, 0.25) is 0 Å². The van der Waals surface area contributed by atoms with E-state index in [2.05, 4.69) is 207 Å². The van der Waals surface area contributed by atoms with E-state index in [9.17, 15) is 0 Å². The summed E-state index contributed by atoms with van der Waals surface area (Å²) >= 11 is 0. The Morgan fingerprint density at radius 2 is 1.23 bits per heavy atom. The van der Waals surface area contributed by atoms with Crippen LogP contribution in [0.5, 0.6) is 0 Å². The lowest BCUT2D eigenvalue weighted by Gasteiger charge is -2.31. The Balaban J connectivity index is 1.31. The van der Waals surface area contributed by atoms with Crippen LogP contribution in [0.3, 0.4) is 0 Å². The van der Waals surface area contributed by atoms with Crippen molar-refractivity contribution in [1.82, 2.24) is 4.57 Å². The molecule has 302 valence electrons. The third kappa shape index (κ3) is 5.57. The summed E-state index contributed by atoms with van der Waals surface area (Å²) in [4.78, 5) is 0. The van der Waals surface area contributed by atoms with Crippen molar-refractivity contribution >= 4 is 73.3 Å². The maximum atomic E-state index is 6.61. The average molecular weight is 795 g/mol. The second kappa shape index (κ2) is 12.5. The molecule has 1 aliphatic heterocycles. The smallest absolute Gasteiger partial charge is 0.198 e. The molecule has 2 aromatic heterocycles. The molecule has 1 N–H and O–H groups in total. The molecule has 7 aromatic carbocycles. The first-order chi connectivity index (χ1) is 28.9. The Kier molecular flexibility index (Phi) is 7.80. The van der Waals surface area contributed by atoms with Crippen LogP contribution in [0.1, 0.15) is 104 Å². The van der Waals surface area contributed by atoms with Crippen LogP contribution in [0.4, 0.5) is 11.4 Å². The van der Waals surface area contributed by atoms with Gasteiger partial charge in [0.25, 0.3) is 0 Å². The SMILES string of the molecule is CC(C)(C)c1ccc(Nc2ccc(C(C)(C)C)cc2-c2c3c(c4c5cc(C(C)(C)C)ccc5n5c4c2Bc2cc4oc6ccccc6c4cc2-5)-c2ccccc2C3(C)C)cc1. The number of benzene rings is 7. The summed E-state index contributed by atoms with van der Waals surface area (Å²) in [7, 11) is 0.787. The second-order valence-corrected chi connectivity index (χ2v) is 21.5. The maximum absolute atomic E-state index is 6.61. The molecule has 0 fully saturated rings. The van der Waals surface area contributed by atoms with E-state index in [-0.39, 0.29) is 21.7 Å². The Hall–Kier alpha value is -6.00. The van der Waals surface area contributed by atoms with Gasteiger partial charge in [-0.1, -0.05) is 148 Å². The Bertz CT molecular complexity index is 3320. The Morgan fingerprint density at radius 3 is 1.97 bits per heavy atom. The number of hydrogen-bond acceptors (Lipinski definition) is 2.